The summed E-state index contributed by atoms with van der Waals surface area (Å²) in [5, 5.41) is 2.77. The topological polar surface area (TPSA) is 117 Å². The smallest absolute Gasteiger partial charge is 0.407 e. The molecule has 2 rings (SSSR count). The molecule has 0 spiro atoms. The Kier molecular flexibility index (Phi) is 8.84. The SMILES string of the molecule is COC(=O)C(C[C@H]1C[C@@H]([C@@H](NC(=O)OCc2ccccc2)C(C)C)OC1=O)C(=O)OC. The Morgan fingerprint density at radius 2 is 1.71 bits per heavy atom. The molecule has 9 nitrogen and oxygen atoms in total. The minimum Gasteiger partial charge on any atom is -0.468 e. The lowest BCUT2D eigenvalue weighted by molar-refractivity contribution is -0.160. The summed E-state index contributed by atoms with van der Waals surface area (Å²) in [5.41, 5.74) is 0.850. The summed E-state index contributed by atoms with van der Waals surface area (Å²) in [6.45, 7) is 3.88. The second-order valence-electron chi connectivity index (χ2n) is 7.72. The van der Waals surface area contributed by atoms with Crippen molar-refractivity contribution >= 4 is 24.0 Å². The molecule has 1 fully saturated rings. The summed E-state index contributed by atoms with van der Waals surface area (Å²) in [4.78, 5) is 48.5. The third-order valence-corrected chi connectivity index (χ3v) is 5.23. The van der Waals surface area contributed by atoms with E-state index >= 15 is 0 Å². The Hall–Kier alpha value is -3.10. The summed E-state index contributed by atoms with van der Waals surface area (Å²) < 4.78 is 20.0. The molecule has 0 aromatic heterocycles. The van der Waals surface area contributed by atoms with Crippen molar-refractivity contribution in [1.82, 2.24) is 5.32 Å². The number of esters is 3. The molecule has 0 saturated carbocycles. The van der Waals surface area contributed by atoms with E-state index in [1.165, 1.54) is 0 Å². The monoisotopic (exact) mass is 435 g/mol. The molecule has 1 aliphatic rings. The number of rotatable bonds is 9. The molecule has 1 aromatic carbocycles. The second-order valence-corrected chi connectivity index (χ2v) is 7.72. The normalized spacial score (nSPS) is 19.0. The zero-order valence-electron chi connectivity index (χ0n) is 18.2. The number of methoxy groups -OCH3 is 2. The van der Waals surface area contributed by atoms with Crippen LogP contribution in [0.4, 0.5) is 4.79 Å². The number of cyclic esters (lactones) is 1. The third kappa shape index (κ3) is 6.70. The molecule has 0 aliphatic carbocycles. The quantitative estimate of drug-likeness (QED) is 0.356. The largest absolute Gasteiger partial charge is 0.468 e. The van der Waals surface area contributed by atoms with Crippen LogP contribution in [0, 0.1) is 17.8 Å². The van der Waals surface area contributed by atoms with Crippen molar-refractivity contribution in [2.45, 2.75) is 45.4 Å². The van der Waals surface area contributed by atoms with Crippen LogP contribution in [0.2, 0.25) is 0 Å². The van der Waals surface area contributed by atoms with Gasteiger partial charge >= 0.3 is 24.0 Å². The van der Waals surface area contributed by atoms with Gasteiger partial charge in [0, 0.05) is 0 Å². The van der Waals surface area contributed by atoms with Crippen LogP contribution in [0.15, 0.2) is 30.3 Å². The number of ether oxygens (including phenoxy) is 4. The van der Waals surface area contributed by atoms with Crippen LogP contribution in [0.1, 0.15) is 32.3 Å². The molecule has 0 unspecified atom stereocenters. The minimum absolute atomic E-state index is 0.0576. The molecule has 1 N–H and O–H groups in total. The maximum atomic E-state index is 12.4. The van der Waals surface area contributed by atoms with Crippen LogP contribution in [-0.2, 0) is 39.9 Å². The first-order valence-corrected chi connectivity index (χ1v) is 10.1. The molecule has 1 aromatic rings. The van der Waals surface area contributed by atoms with Crippen molar-refractivity contribution in [3.63, 3.8) is 0 Å². The van der Waals surface area contributed by atoms with Gasteiger partial charge in [-0.25, -0.2) is 4.79 Å². The fourth-order valence-electron chi connectivity index (χ4n) is 3.53. The van der Waals surface area contributed by atoms with Crippen LogP contribution in [0.3, 0.4) is 0 Å². The van der Waals surface area contributed by atoms with E-state index in [1.54, 1.807) is 0 Å². The number of amides is 1. The fourth-order valence-corrected chi connectivity index (χ4v) is 3.53. The molecule has 1 amide bonds. The van der Waals surface area contributed by atoms with E-state index in [0.717, 1.165) is 19.8 Å². The Morgan fingerprint density at radius 3 is 2.26 bits per heavy atom. The van der Waals surface area contributed by atoms with Gasteiger partial charge in [0.1, 0.15) is 12.7 Å². The molecule has 9 heteroatoms. The van der Waals surface area contributed by atoms with Crippen molar-refractivity contribution in [1.29, 1.82) is 0 Å². The van der Waals surface area contributed by atoms with Crippen molar-refractivity contribution in [2.24, 2.45) is 17.8 Å². The standard InChI is InChI=1S/C22H29NO8/c1-13(2)18(23-22(27)30-12-14-8-6-5-7-9-14)17-11-15(19(24)31-17)10-16(20(25)28-3)21(26)29-4/h5-9,13,15-18H,10-12H2,1-4H3,(H,23,27)/t15-,17-,18-/m0/s1. The lowest BCUT2D eigenvalue weighted by atomic mass is 9.88. The Morgan fingerprint density at radius 1 is 1.10 bits per heavy atom. The van der Waals surface area contributed by atoms with Gasteiger partial charge in [-0.15, -0.1) is 0 Å². The lowest BCUT2D eigenvalue weighted by Gasteiger charge is -2.26. The summed E-state index contributed by atoms with van der Waals surface area (Å²) in [6.07, 6.45) is -1.08. The van der Waals surface area contributed by atoms with Crippen LogP contribution < -0.4 is 5.32 Å². The average Bonchev–Trinajstić information content (AvgIpc) is 3.13. The van der Waals surface area contributed by atoms with Gasteiger partial charge in [-0.3, -0.25) is 14.4 Å². The molecular weight excluding hydrogens is 406 g/mol. The Bertz CT molecular complexity index is 763. The van der Waals surface area contributed by atoms with E-state index in [1.807, 2.05) is 44.2 Å². The second kappa shape index (κ2) is 11.3. The van der Waals surface area contributed by atoms with Gasteiger partial charge in [0.05, 0.1) is 26.2 Å². The van der Waals surface area contributed by atoms with Crippen LogP contribution in [0.25, 0.3) is 0 Å². The fraction of sp³-hybridized carbons (Fsp3) is 0.545. The van der Waals surface area contributed by atoms with Gasteiger partial charge in [-0.2, -0.15) is 0 Å². The van der Waals surface area contributed by atoms with Crippen molar-refractivity contribution in [3.8, 4) is 0 Å². The zero-order chi connectivity index (χ0) is 23.0. The molecule has 0 radical (unpaired) electrons. The summed E-state index contributed by atoms with van der Waals surface area (Å²) in [7, 11) is 2.32. The predicted molar refractivity (Wildman–Crippen MR) is 109 cm³/mol. The third-order valence-electron chi connectivity index (χ3n) is 5.23. The van der Waals surface area contributed by atoms with Crippen molar-refractivity contribution < 1.29 is 38.1 Å². The van der Waals surface area contributed by atoms with E-state index in [2.05, 4.69) is 14.8 Å². The number of carbonyl (C=O) groups excluding carboxylic acids is 4. The number of carbonyl (C=O) groups is 4. The van der Waals surface area contributed by atoms with E-state index in [0.29, 0.717) is 0 Å². The van der Waals surface area contributed by atoms with Gasteiger partial charge in [0.25, 0.3) is 0 Å². The van der Waals surface area contributed by atoms with E-state index in [9.17, 15) is 19.2 Å². The maximum absolute atomic E-state index is 12.4. The van der Waals surface area contributed by atoms with E-state index in [-0.39, 0.29) is 25.4 Å². The van der Waals surface area contributed by atoms with Gasteiger partial charge in [0.2, 0.25) is 0 Å². The molecule has 1 saturated heterocycles. The Balaban J connectivity index is 1.99. The molecule has 1 aliphatic heterocycles. The molecular formula is C22H29NO8. The minimum atomic E-state index is -1.22. The number of hydrogen-bond donors (Lipinski definition) is 1. The summed E-state index contributed by atoms with van der Waals surface area (Å²) >= 11 is 0. The molecule has 1 heterocycles. The number of hydrogen-bond acceptors (Lipinski definition) is 8. The first kappa shape index (κ1) is 24.2. The highest BCUT2D eigenvalue weighted by molar-refractivity contribution is 5.95. The van der Waals surface area contributed by atoms with Gasteiger partial charge in [0.15, 0.2) is 5.92 Å². The highest BCUT2D eigenvalue weighted by atomic mass is 16.6. The van der Waals surface area contributed by atoms with Crippen molar-refractivity contribution in [3.05, 3.63) is 35.9 Å². The first-order chi connectivity index (χ1) is 14.8. The van der Waals surface area contributed by atoms with Crippen molar-refractivity contribution in [2.75, 3.05) is 14.2 Å². The summed E-state index contributed by atoms with van der Waals surface area (Å²) in [5.74, 6) is -4.05. The van der Waals surface area contributed by atoms with E-state index < -0.39 is 48.0 Å². The highest BCUT2D eigenvalue weighted by Gasteiger charge is 2.44. The highest BCUT2D eigenvalue weighted by Crippen LogP contribution is 2.31. The van der Waals surface area contributed by atoms with Crippen LogP contribution in [0.5, 0.6) is 0 Å². The van der Waals surface area contributed by atoms with Crippen LogP contribution >= 0.6 is 0 Å². The Labute approximate surface area is 181 Å². The zero-order valence-corrected chi connectivity index (χ0v) is 18.2. The molecule has 0 bridgehead atoms. The number of benzene rings is 1. The predicted octanol–water partition coefficient (Wildman–Crippen LogP) is 2.22. The van der Waals surface area contributed by atoms with Gasteiger partial charge in [-0.1, -0.05) is 44.2 Å². The van der Waals surface area contributed by atoms with Gasteiger partial charge < -0.3 is 24.3 Å². The van der Waals surface area contributed by atoms with E-state index in [4.69, 9.17) is 9.47 Å². The molecule has 31 heavy (non-hydrogen) atoms. The summed E-state index contributed by atoms with van der Waals surface area (Å²) in [6, 6.07) is 8.76. The number of alkyl carbamates (subject to hydrolysis) is 1. The maximum Gasteiger partial charge on any atom is 0.407 e. The van der Waals surface area contributed by atoms with Crippen LogP contribution in [-0.4, -0.2) is 50.4 Å². The first-order valence-electron chi connectivity index (χ1n) is 10.1. The average molecular weight is 435 g/mol. The lowest BCUT2D eigenvalue weighted by Crippen LogP contribution is -2.46. The van der Waals surface area contributed by atoms with Gasteiger partial charge in [-0.05, 0) is 24.3 Å². The molecule has 3 atom stereocenters. The molecule has 170 valence electrons. The number of nitrogens with one attached hydrogen (secondary N) is 1.